The second kappa shape index (κ2) is 17.6. The van der Waals surface area contributed by atoms with E-state index < -0.39 is 0 Å². The zero-order valence-corrected chi connectivity index (χ0v) is 35.3. The van der Waals surface area contributed by atoms with Crippen LogP contribution in [0.3, 0.4) is 0 Å². The zero-order chi connectivity index (χ0) is 42.5. The lowest BCUT2D eigenvalue weighted by Gasteiger charge is -2.24. The van der Waals surface area contributed by atoms with Gasteiger partial charge in [0.1, 0.15) is 6.04 Å². The van der Waals surface area contributed by atoms with E-state index in [1.165, 1.54) is 50.3 Å². The van der Waals surface area contributed by atoms with Crippen LogP contribution in [0.15, 0.2) is 199 Å². The molecule has 10 rings (SSSR count). The largest absolute Gasteiger partial charge is 0.374 e. The Bertz CT molecular complexity index is 3090. The number of aliphatic imine (C=N–C) groups is 1. The Morgan fingerprint density at radius 1 is 0.667 bits per heavy atom. The number of hydrogen-bond acceptors (Lipinski definition) is 4. The number of fused-ring (bicyclic) bond motifs is 3. The van der Waals surface area contributed by atoms with Crippen LogP contribution in [-0.2, 0) is 6.42 Å². The minimum Gasteiger partial charge on any atom is -0.374 e. The van der Waals surface area contributed by atoms with Gasteiger partial charge in [-0.3, -0.25) is 4.99 Å². The maximum atomic E-state index is 5.01. The average Bonchev–Trinajstić information content (AvgIpc) is 3.35. The van der Waals surface area contributed by atoms with Gasteiger partial charge in [0.25, 0.3) is 0 Å². The second-order valence-corrected chi connectivity index (χ2v) is 16.2. The Kier molecular flexibility index (Phi) is 11.0. The van der Waals surface area contributed by atoms with E-state index in [9.17, 15) is 0 Å². The van der Waals surface area contributed by atoms with Crippen molar-refractivity contribution in [2.24, 2.45) is 4.99 Å². The molecule has 7 aromatic carbocycles. The van der Waals surface area contributed by atoms with E-state index in [1.54, 1.807) is 0 Å². The van der Waals surface area contributed by atoms with Crippen LogP contribution in [0.25, 0.3) is 51.5 Å². The van der Waals surface area contributed by atoms with Crippen molar-refractivity contribution in [3.63, 3.8) is 0 Å². The number of hydrogen-bond donors (Lipinski definition) is 2. The number of anilines is 2. The van der Waals surface area contributed by atoms with Gasteiger partial charge in [-0.1, -0.05) is 170 Å². The lowest BCUT2D eigenvalue weighted by molar-refractivity contribution is -0.440. The van der Waals surface area contributed by atoms with Gasteiger partial charge in [-0.2, -0.15) is 4.58 Å². The summed E-state index contributed by atoms with van der Waals surface area (Å²) >= 11 is 0. The molecule has 2 unspecified atom stereocenters. The highest BCUT2D eigenvalue weighted by atomic mass is 15.1. The predicted octanol–water partition coefficient (Wildman–Crippen LogP) is 14.0. The third-order valence-corrected chi connectivity index (χ3v) is 12.2. The van der Waals surface area contributed by atoms with Crippen LogP contribution < -0.4 is 10.6 Å². The van der Waals surface area contributed by atoms with Crippen LogP contribution in [0, 0.1) is 0 Å². The number of rotatable bonds is 11. The van der Waals surface area contributed by atoms with E-state index in [2.05, 4.69) is 228 Å². The molecular formula is C58H48N5+. The summed E-state index contributed by atoms with van der Waals surface area (Å²) in [5.41, 5.74) is 17.8. The molecule has 0 radical (unpaired) electrons. The third-order valence-electron chi connectivity index (χ3n) is 12.2. The number of aromatic nitrogens is 1. The summed E-state index contributed by atoms with van der Waals surface area (Å²) in [6.45, 7) is 6.93. The Hall–Kier alpha value is -7.89. The molecule has 0 fully saturated rings. The van der Waals surface area contributed by atoms with Gasteiger partial charge in [0.15, 0.2) is 12.3 Å². The first-order valence-electron chi connectivity index (χ1n) is 21.7. The molecule has 0 aliphatic carbocycles. The predicted molar refractivity (Wildman–Crippen MR) is 267 cm³/mol. The van der Waals surface area contributed by atoms with Crippen LogP contribution in [0.5, 0.6) is 0 Å². The van der Waals surface area contributed by atoms with Crippen LogP contribution in [0.2, 0.25) is 0 Å². The number of allylic oxidation sites excluding steroid dienone is 1. The van der Waals surface area contributed by atoms with Crippen molar-refractivity contribution >= 4 is 64.3 Å². The van der Waals surface area contributed by atoms with Crippen LogP contribution in [0.1, 0.15) is 46.3 Å². The number of pyridine rings is 1. The lowest BCUT2D eigenvalue weighted by atomic mass is 9.94. The highest BCUT2D eigenvalue weighted by Crippen LogP contribution is 2.37. The van der Waals surface area contributed by atoms with Crippen molar-refractivity contribution in [2.75, 3.05) is 17.2 Å². The standard InChI is InChI=1S/C58H48N5/c1-40(42-16-6-3-7-17-42)63(52-22-10-5-11-23-52)39-51-33-30-44-24-28-48(37-55(44)60-51)49-29-25-45-31-34-54(61-56(45)38-49)50-21-13-15-41(36-50)14-12-20-46-26-27-47-32-35-53(43-18-8-4-9-19-43)62-58(47)57(46)59-2/h3-13,15-38,51,54,60-61H,2,14,39H2,1H3/q+1/b20-12-,63-40-. The maximum absolute atomic E-state index is 5.01. The highest BCUT2D eigenvalue weighted by molar-refractivity contribution is 5.96. The minimum atomic E-state index is 0.0541. The third kappa shape index (κ3) is 8.42. The molecule has 1 aromatic heterocycles. The fourth-order valence-corrected chi connectivity index (χ4v) is 8.77. The first-order chi connectivity index (χ1) is 31.1. The summed E-state index contributed by atoms with van der Waals surface area (Å²) < 4.78 is 2.42. The van der Waals surface area contributed by atoms with Gasteiger partial charge in [-0.15, -0.1) is 0 Å². The lowest BCUT2D eigenvalue weighted by Crippen LogP contribution is -2.32. The molecule has 2 aliphatic rings. The number of nitrogens with zero attached hydrogens (tertiary/aromatic N) is 3. The van der Waals surface area contributed by atoms with Crippen LogP contribution in [-0.4, -0.2) is 34.6 Å². The van der Waals surface area contributed by atoms with Crippen molar-refractivity contribution in [1.82, 2.24) is 4.98 Å². The molecular weight excluding hydrogens is 767 g/mol. The SMILES string of the molecule is C=Nc1c(/C=C\Cc2cccc(C3C=Cc4ccc(-c5ccc6c(c5)NC(C/[N+](=C(\C)c5ccccc5)c5ccccc5)C=C6)cc4N3)c2)ccc2ccc(-c3ccccc3)nc12. The van der Waals surface area contributed by atoms with Crippen molar-refractivity contribution in [1.29, 1.82) is 0 Å². The molecule has 0 saturated heterocycles. The summed E-state index contributed by atoms with van der Waals surface area (Å²) in [5, 5.41) is 8.76. The molecule has 2 atom stereocenters. The number of benzene rings is 7. The van der Waals surface area contributed by atoms with Crippen LogP contribution in [0.4, 0.5) is 22.7 Å². The van der Waals surface area contributed by atoms with Gasteiger partial charge in [0.05, 0.1) is 22.9 Å². The Morgan fingerprint density at radius 2 is 1.35 bits per heavy atom. The molecule has 5 heteroatoms. The molecule has 2 aliphatic heterocycles. The summed E-state index contributed by atoms with van der Waals surface area (Å²) in [5.74, 6) is 0. The summed E-state index contributed by atoms with van der Waals surface area (Å²) in [4.78, 5) is 9.45. The normalized spacial score (nSPS) is 15.6. The van der Waals surface area contributed by atoms with Crippen molar-refractivity contribution in [3.8, 4) is 22.4 Å². The number of nitrogens with one attached hydrogen (secondary N) is 2. The first-order valence-corrected chi connectivity index (χ1v) is 21.7. The maximum Gasteiger partial charge on any atom is 0.205 e. The molecule has 0 amide bonds. The van der Waals surface area contributed by atoms with E-state index in [0.29, 0.717) is 0 Å². The van der Waals surface area contributed by atoms with E-state index in [-0.39, 0.29) is 12.1 Å². The average molecular weight is 815 g/mol. The quantitative estimate of drug-likeness (QED) is 0.101. The highest BCUT2D eigenvalue weighted by Gasteiger charge is 2.23. The van der Waals surface area contributed by atoms with Gasteiger partial charge < -0.3 is 10.6 Å². The van der Waals surface area contributed by atoms with E-state index in [1.807, 2.05) is 18.2 Å². The van der Waals surface area contributed by atoms with Gasteiger partial charge in [-0.05, 0) is 76.9 Å². The molecule has 8 aromatic rings. The first kappa shape index (κ1) is 39.3. The van der Waals surface area contributed by atoms with Crippen molar-refractivity contribution in [3.05, 3.63) is 228 Å². The number of para-hydroxylation sites is 1. The van der Waals surface area contributed by atoms with E-state index in [4.69, 9.17) is 4.98 Å². The Balaban J connectivity index is 0.838. The van der Waals surface area contributed by atoms with E-state index in [0.717, 1.165) is 57.8 Å². The molecule has 2 N–H and O–H groups in total. The fourth-order valence-electron chi connectivity index (χ4n) is 8.77. The topological polar surface area (TPSA) is 52.3 Å². The Labute approximate surface area is 369 Å². The zero-order valence-electron chi connectivity index (χ0n) is 35.3. The molecule has 304 valence electrons. The minimum absolute atomic E-state index is 0.0541. The molecule has 3 heterocycles. The summed E-state index contributed by atoms with van der Waals surface area (Å²) in [7, 11) is 0. The van der Waals surface area contributed by atoms with Crippen molar-refractivity contribution in [2.45, 2.75) is 25.4 Å². The van der Waals surface area contributed by atoms with Gasteiger partial charge in [0, 0.05) is 52.5 Å². The molecule has 0 saturated carbocycles. The fraction of sp³-hybridized carbons (Fsp3) is 0.0862. The van der Waals surface area contributed by atoms with Gasteiger partial charge >= 0.3 is 0 Å². The molecule has 5 nitrogen and oxygen atoms in total. The summed E-state index contributed by atoms with van der Waals surface area (Å²) in [6, 6.07) is 62.5. The molecule has 63 heavy (non-hydrogen) atoms. The van der Waals surface area contributed by atoms with Crippen molar-refractivity contribution < 1.29 is 4.58 Å². The molecule has 0 bridgehead atoms. The van der Waals surface area contributed by atoms with E-state index >= 15 is 0 Å². The summed E-state index contributed by atoms with van der Waals surface area (Å²) in [6.07, 6.45) is 14.2. The van der Waals surface area contributed by atoms with Gasteiger partial charge in [-0.25, -0.2) is 4.98 Å². The smallest absolute Gasteiger partial charge is 0.205 e. The Morgan fingerprint density at radius 3 is 2.10 bits per heavy atom. The monoisotopic (exact) mass is 814 g/mol. The van der Waals surface area contributed by atoms with Crippen LogP contribution >= 0.6 is 0 Å². The molecule has 0 spiro atoms. The van der Waals surface area contributed by atoms with Gasteiger partial charge in [0.2, 0.25) is 5.69 Å². The second-order valence-electron chi connectivity index (χ2n) is 16.2.